The Balaban J connectivity index is 1.28. The summed E-state index contributed by atoms with van der Waals surface area (Å²) in [6, 6.07) is 18.4. The SMILES string of the molecule is O=C(NC1c2ccccc2-c2c(-c3ccc(N4CCOCC4)nc3)cccc21)c1c(Br)cnc2nc[nH]c12. The van der Waals surface area contributed by atoms with Crippen molar-refractivity contribution in [1.82, 2.24) is 25.3 Å². The van der Waals surface area contributed by atoms with Gasteiger partial charge in [-0.05, 0) is 55.9 Å². The predicted octanol–water partition coefficient (Wildman–Crippen LogP) is 5.12. The van der Waals surface area contributed by atoms with E-state index in [1.54, 1.807) is 12.5 Å². The number of rotatable bonds is 4. The molecular weight excluding hydrogens is 544 g/mol. The molecule has 8 nitrogen and oxygen atoms in total. The van der Waals surface area contributed by atoms with Crippen LogP contribution in [0.4, 0.5) is 5.82 Å². The van der Waals surface area contributed by atoms with Gasteiger partial charge in [-0.15, -0.1) is 0 Å². The lowest BCUT2D eigenvalue weighted by Crippen LogP contribution is -2.36. The molecule has 1 atom stereocenters. The smallest absolute Gasteiger partial charge is 0.255 e. The maximum absolute atomic E-state index is 13.7. The molecule has 7 rings (SSSR count). The van der Waals surface area contributed by atoms with E-state index >= 15 is 0 Å². The predicted molar refractivity (Wildman–Crippen MR) is 149 cm³/mol. The first-order valence-corrected chi connectivity index (χ1v) is 13.3. The number of morpholine rings is 1. The van der Waals surface area contributed by atoms with E-state index in [1.807, 2.05) is 24.4 Å². The van der Waals surface area contributed by atoms with E-state index in [9.17, 15) is 4.79 Å². The van der Waals surface area contributed by atoms with Gasteiger partial charge in [0.05, 0.1) is 41.1 Å². The Bertz CT molecular complexity index is 1680. The highest BCUT2D eigenvalue weighted by atomic mass is 79.9. The van der Waals surface area contributed by atoms with E-state index < -0.39 is 0 Å². The summed E-state index contributed by atoms with van der Waals surface area (Å²) in [6.45, 7) is 3.14. The number of hydrogen-bond acceptors (Lipinski definition) is 6. The molecular formula is C29H23BrN6O2. The third-order valence-electron chi connectivity index (χ3n) is 7.25. The van der Waals surface area contributed by atoms with Crippen LogP contribution in [-0.4, -0.2) is 52.1 Å². The fourth-order valence-corrected chi connectivity index (χ4v) is 5.95. The summed E-state index contributed by atoms with van der Waals surface area (Å²) in [5.74, 6) is 0.756. The molecule has 1 amide bonds. The third kappa shape index (κ3) is 3.77. The number of fused-ring (bicyclic) bond motifs is 4. The van der Waals surface area contributed by atoms with Crippen molar-refractivity contribution >= 4 is 38.8 Å². The van der Waals surface area contributed by atoms with Gasteiger partial charge in [-0.3, -0.25) is 4.79 Å². The summed E-state index contributed by atoms with van der Waals surface area (Å²) in [4.78, 5) is 32.2. The van der Waals surface area contributed by atoms with Gasteiger partial charge in [0.25, 0.3) is 5.91 Å². The van der Waals surface area contributed by atoms with Crippen LogP contribution in [-0.2, 0) is 4.74 Å². The number of carbonyl (C=O) groups is 1. The highest BCUT2D eigenvalue weighted by Crippen LogP contribution is 2.48. The summed E-state index contributed by atoms with van der Waals surface area (Å²) in [5.41, 5.74) is 8.07. The Hall–Kier alpha value is -4.08. The van der Waals surface area contributed by atoms with Crippen molar-refractivity contribution in [2.75, 3.05) is 31.2 Å². The molecule has 9 heteroatoms. The van der Waals surface area contributed by atoms with Crippen LogP contribution in [0.5, 0.6) is 0 Å². The van der Waals surface area contributed by atoms with Crippen LogP contribution in [0.1, 0.15) is 27.5 Å². The van der Waals surface area contributed by atoms with Gasteiger partial charge in [0.2, 0.25) is 0 Å². The number of hydrogen-bond donors (Lipinski definition) is 2. The summed E-state index contributed by atoms with van der Waals surface area (Å²) in [7, 11) is 0. The Kier molecular flexibility index (Phi) is 5.67. The molecule has 1 aliphatic heterocycles. The third-order valence-corrected chi connectivity index (χ3v) is 7.85. The number of aromatic amines is 1. The van der Waals surface area contributed by atoms with Gasteiger partial charge in [0.1, 0.15) is 5.82 Å². The number of ether oxygens (including phenoxy) is 1. The number of nitrogens with one attached hydrogen (secondary N) is 2. The maximum atomic E-state index is 13.7. The van der Waals surface area contributed by atoms with Crippen molar-refractivity contribution in [2.45, 2.75) is 6.04 Å². The second-order valence-electron chi connectivity index (χ2n) is 9.35. The first kappa shape index (κ1) is 23.1. The van der Waals surface area contributed by atoms with Gasteiger partial charge < -0.3 is 19.9 Å². The molecule has 0 saturated carbocycles. The highest BCUT2D eigenvalue weighted by molar-refractivity contribution is 9.10. The fourth-order valence-electron chi connectivity index (χ4n) is 5.47. The molecule has 1 saturated heterocycles. The second-order valence-corrected chi connectivity index (χ2v) is 10.2. The van der Waals surface area contributed by atoms with Crippen LogP contribution in [0, 0.1) is 0 Å². The monoisotopic (exact) mass is 566 g/mol. The summed E-state index contributed by atoms with van der Waals surface area (Å²) < 4.78 is 6.09. The molecule has 0 spiro atoms. The standard InChI is InChI=1S/C29H23BrN6O2/c30-22-15-32-28-27(33-16-34-28)25(22)29(37)35-26-20-5-2-1-4-19(20)24-18(6-3-7-21(24)26)17-8-9-23(31-14-17)36-10-12-38-13-11-36/h1-9,14-16,26H,10-13H2,(H,35,37)(H,32,33,34). The minimum atomic E-state index is -0.299. The quantitative estimate of drug-likeness (QED) is 0.313. The molecule has 1 fully saturated rings. The molecule has 38 heavy (non-hydrogen) atoms. The topological polar surface area (TPSA) is 96.0 Å². The van der Waals surface area contributed by atoms with E-state index in [0.29, 0.717) is 21.2 Å². The van der Waals surface area contributed by atoms with E-state index in [2.05, 4.69) is 77.5 Å². The molecule has 2 aliphatic rings. The molecule has 0 radical (unpaired) electrons. The summed E-state index contributed by atoms with van der Waals surface area (Å²) in [6.07, 6.45) is 5.10. The summed E-state index contributed by atoms with van der Waals surface area (Å²) >= 11 is 3.50. The van der Waals surface area contributed by atoms with Gasteiger partial charge in [-0.1, -0.05) is 42.5 Å². The van der Waals surface area contributed by atoms with Crippen molar-refractivity contribution in [3.8, 4) is 22.3 Å². The largest absolute Gasteiger partial charge is 0.378 e. The second kappa shape index (κ2) is 9.34. The number of nitrogens with zero attached hydrogens (tertiary/aromatic N) is 4. The van der Waals surface area contributed by atoms with Crippen LogP contribution in [0.15, 0.2) is 77.8 Å². The molecule has 3 aromatic heterocycles. The van der Waals surface area contributed by atoms with Crippen molar-refractivity contribution in [2.24, 2.45) is 0 Å². The molecule has 2 aromatic carbocycles. The molecule has 188 valence electrons. The number of imidazole rings is 1. The van der Waals surface area contributed by atoms with Gasteiger partial charge >= 0.3 is 0 Å². The van der Waals surface area contributed by atoms with Crippen molar-refractivity contribution < 1.29 is 9.53 Å². The Labute approximate surface area is 227 Å². The highest BCUT2D eigenvalue weighted by Gasteiger charge is 2.32. The number of anilines is 1. The summed E-state index contributed by atoms with van der Waals surface area (Å²) in [5, 5.41) is 3.28. The molecule has 4 heterocycles. The van der Waals surface area contributed by atoms with Gasteiger partial charge in [-0.25, -0.2) is 15.0 Å². The lowest BCUT2D eigenvalue weighted by atomic mass is 9.95. The number of aromatic nitrogens is 4. The van der Waals surface area contributed by atoms with Gasteiger partial charge in [0, 0.05) is 31.0 Å². The average Bonchev–Trinajstić information content (AvgIpc) is 3.56. The first-order valence-electron chi connectivity index (χ1n) is 12.5. The minimum Gasteiger partial charge on any atom is -0.378 e. The normalized spacial score (nSPS) is 16.3. The first-order chi connectivity index (χ1) is 18.7. The van der Waals surface area contributed by atoms with E-state index in [1.165, 1.54) is 0 Å². The fraction of sp³-hybridized carbons (Fsp3) is 0.172. The number of H-pyrrole nitrogens is 1. The van der Waals surface area contributed by atoms with Crippen LogP contribution in [0.25, 0.3) is 33.4 Å². The van der Waals surface area contributed by atoms with Crippen LogP contribution < -0.4 is 10.2 Å². The molecule has 1 unspecified atom stereocenters. The van der Waals surface area contributed by atoms with Gasteiger partial charge in [0.15, 0.2) is 5.65 Å². The number of halogens is 1. The Morgan fingerprint density at radius 3 is 2.61 bits per heavy atom. The maximum Gasteiger partial charge on any atom is 0.255 e. The van der Waals surface area contributed by atoms with Crippen molar-refractivity contribution in [1.29, 1.82) is 0 Å². The zero-order valence-electron chi connectivity index (χ0n) is 20.3. The zero-order chi connectivity index (χ0) is 25.6. The van der Waals surface area contributed by atoms with E-state index in [0.717, 1.165) is 65.5 Å². The van der Waals surface area contributed by atoms with Gasteiger partial charge in [-0.2, -0.15) is 0 Å². The van der Waals surface area contributed by atoms with Crippen LogP contribution in [0.3, 0.4) is 0 Å². The van der Waals surface area contributed by atoms with Crippen LogP contribution >= 0.6 is 15.9 Å². The number of benzene rings is 2. The van der Waals surface area contributed by atoms with E-state index in [4.69, 9.17) is 9.72 Å². The minimum absolute atomic E-state index is 0.205. The number of amides is 1. The Morgan fingerprint density at radius 2 is 1.76 bits per heavy atom. The lowest BCUT2D eigenvalue weighted by molar-refractivity contribution is 0.0944. The number of pyridine rings is 2. The lowest BCUT2D eigenvalue weighted by Gasteiger charge is -2.27. The zero-order valence-corrected chi connectivity index (χ0v) is 21.9. The van der Waals surface area contributed by atoms with E-state index in [-0.39, 0.29) is 11.9 Å². The molecule has 2 N–H and O–H groups in total. The van der Waals surface area contributed by atoms with Crippen molar-refractivity contribution in [3.63, 3.8) is 0 Å². The molecule has 1 aliphatic carbocycles. The Morgan fingerprint density at radius 1 is 0.947 bits per heavy atom. The molecule has 0 bridgehead atoms. The molecule has 5 aromatic rings. The number of carbonyl (C=O) groups excluding carboxylic acids is 1. The average molecular weight is 567 g/mol. The van der Waals surface area contributed by atoms with Crippen LogP contribution in [0.2, 0.25) is 0 Å². The van der Waals surface area contributed by atoms with Crippen molar-refractivity contribution in [3.05, 3.63) is 94.5 Å².